The van der Waals surface area contributed by atoms with Crippen LogP contribution in [0.15, 0.2) is 0 Å². The molecule has 3 nitrogen and oxygen atoms in total. The van der Waals surface area contributed by atoms with Crippen LogP contribution in [0.1, 0.15) is 59.8 Å². The summed E-state index contributed by atoms with van der Waals surface area (Å²) in [6, 6.07) is 0. The number of likely N-dealkylation sites (N-methyl/N-ethyl adjacent to an activating group) is 1. The molecule has 2 N–H and O–H groups in total. The maximum Gasteiger partial charge on any atom is 0.0614 e. The molecular formula is C15H31NO2. The van der Waals surface area contributed by atoms with Crippen molar-refractivity contribution in [1.82, 2.24) is 5.32 Å². The van der Waals surface area contributed by atoms with Crippen LogP contribution in [0.2, 0.25) is 0 Å². The van der Waals surface area contributed by atoms with Gasteiger partial charge in [0.05, 0.1) is 12.7 Å². The fraction of sp³-hybridized carbons (Fsp3) is 1.00. The van der Waals surface area contributed by atoms with Gasteiger partial charge in [0, 0.05) is 12.1 Å². The molecule has 1 rings (SSSR count). The minimum atomic E-state index is -0.0978. The first-order valence-electron chi connectivity index (χ1n) is 7.38. The minimum Gasteiger partial charge on any atom is -0.394 e. The SMILES string of the molecule is CCNC1(CO)CCCC(OCCC(C)(C)C)C1. The van der Waals surface area contributed by atoms with Crippen molar-refractivity contribution >= 4 is 0 Å². The van der Waals surface area contributed by atoms with Crippen LogP contribution in [0.3, 0.4) is 0 Å². The third-order valence-electron chi connectivity index (χ3n) is 3.86. The highest BCUT2D eigenvalue weighted by atomic mass is 16.5. The molecule has 2 unspecified atom stereocenters. The Bertz CT molecular complexity index is 233. The molecule has 0 aromatic carbocycles. The Balaban J connectivity index is 2.38. The molecule has 0 aromatic heterocycles. The number of rotatable bonds is 6. The summed E-state index contributed by atoms with van der Waals surface area (Å²) in [7, 11) is 0. The van der Waals surface area contributed by atoms with Crippen LogP contribution in [0, 0.1) is 5.41 Å². The molecule has 0 aliphatic heterocycles. The van der Waals surface area contributed by atoms with Gasteiger partial charge >= 0.3 is 0 Å². The third-order valence-corrected chi connectivity index (χ3v) is 3.86. The van der Waals surface area contributed by atoms with Crippen molar-refractivity contribution in [2.24, 2.45) is 5.41 Å². The average Bonchev–Trinajstić information content (AvgIpc) is 2.28. The number of hydrogen-bond acceptors (Lipinski definition) is 3. The van der Waals surface area contributed by atoms with Gasteiger partial charge in [0.25, 0.3) is 0 Å². The summed E-state index contributed by atoms with van der Waals surface area (Å²) in [6.07, 6.45) is 5.70. The molecule has 1 saturated carbocycles. The maximum atomic E-state index is 9.63. The zero-order valence-electron chi connectivity index (χ0n) is 12.6. The van der Waals surface area contributed by atoms with E-state index < -0.39 is 0 Å². The summed E-state index contributed by atoms with van der Waals surface area (Å²) in [6.45, 7) is 10.8. The highest BCUT2D eigenvalue weighted by molar-refractivity contribution is 4.93. The third kappa shape index (κ3) is 5.25. The van der Waals surface area contributed by atoms with E-state index in [-0.39, 0.29) is 12.1 Å². The molecule has 1 aliphatic rings. The molecule has 0 spiro atoms. The van der Waals surface area contributed by atoms with E-state index in [1.54, 1.807) is 0 Å². The van der Waals surface area contributed by atoms with Gasteiger partial charge in [-0.3, -0.25) is 0 Å². The van der Waals surface area contributed by atoms with Crippen molar-refractivity contribution in [2.45, 2.75) is 71.4 Å². The van der Waals surface area contributed by atoms with Crippen LogP contribution in [0.4, 0.5) is 0 Å². The van der Waals surface area contributed by atoms with Crippen molar-refractivity contribution in [1.29, 1.82) is 0 Å². The second kappa shape index (κ2) is 6.88. The number of nitrogens with one attached hydrogen (secondary N) is 1. The van der Waals surface area contributed by atoms with E-state index >= 15 is 0 Å². The van der Waals surface area contributed by atoms with E-state index in [4.69, 9.17) is 4.74 Å². The monoisotopic (exact) mass is 257 g/mol. The summed E-state index contributed by atoms with van der Waals surface area (Å²) < 4.78 is 6.01. The fourth-order valence-corrected chi connectivity index (χ4v) is 2.72. The maximum absolute atomic E-state index is 9.63. The Morgan fingerprint density at radius 3 is 2.67 bits per heavy atom. The molecule has 3 heteroatoms. The summed E-state index contributed by atoms with van der Waals surface area (Å²) in [5.41, 5.74) is 0.240. The Labute approximate surface area is 112 Å². The van der Waals surface area contributed by atoms with E-state index in [2.05, 4.69) is 33.0 Å². The molecule has 18 heavy (non-hydrogen) atoms. The molecule has 0 amide bonds. The first kappa shape index (κ1) is 15.9. The van der Waals surface area contributed by atoms with Gasteiger partial charge in [0.15, 0.2) is 0 Å². The predicted molar refractivity (Wildman–Crippen MR) is 75.8 cm³/mol. The van der Waals surface area contributed by atoms with Crippen LogP contribution in [0.5, 0.6) is 0 Å². The highest BCUT2D eigenvalue weighted by Gasteiger charge is 2.35. The van der Waals surface area contributed by atoms with Gasteiger partial charge in [0.2, 0.25) is 0 Å². The Kier molecular flexibility index (Phi) is 6.09. The number of ether oxygens (including phenoxy) is 1. The molecule has 0 radical (unpaired) electrons. The highest BCUT2D eigenvalue weighted by Crippen LogP contribution is 2.30. The largest absolute Gasteiger partial charge is 0.394 e. The van der Waals surface area contributed by atoms with Crippen LogP contribution in [-0.4, -0.2) is 36.5 Å². The topological polar surface area (TPSA) is 41.5 Å². The standard InChI is InChI=1S/C15H31NO2/c1-5-16-15(12-17)8-6-7-13(11-15)18-10-9-14(2,3)4/h13,16-17H,5-12H2,1-4H3. The normalized spacial score (nSPS) is 29.5. The summed E-state index contributed by atoms with van der Waals surface area (Å²) >= 11 is 0. The van der Waals surface area contributed by atoms with Gasteiger partial charge in [-0.2, -0.15) is 0 Å². The number of aliphatic hydroxyl groups excluding tert-OH is 1. The predicted octanol–water partition coefficient (Wildman–Crippen LogP) is 2.72. The number of aliphatic hydroxyl groups is 1. The smallest absolute Gasteiger partial charge is 0.0614 e. The lowest BCUT2D eigenvalue weighted by Gasteiger charge is -2.40. The molecule has 0 bridgehead atoms. The first-order chi connectivity index (χ1) is 8.41. The summed E-state index contributed by atoms with van der Waals surface area (Å²) in [4.78, 5) is 0. The Morgan fingerprint density at radius 1 is 1.39 bits per heavy atom. The lowest BCUT2D eigenvalue weighted by molar-refractivity contribution is -0.0226. The zero-order valence-corrected chi connectivity index (χ0v) is 12.6. The van der Waals surface area contributed by atoms with Gasteiger partial charge in [-0.05, 0) is 44.1 Å². The van der Waals surface area contributed by atoms with Crippen LogP contribution < -0.4 is 5.32 Å². The quantitative estimate of drug-likeness (QED) is 0.769. The average molecular weight is 257 g/mol. The molecule has 1 aliphatic carbocycles. The molecular weight excluding hydrogens is 226 g/mol. The summed E-state index contributed by atoms with van der Waals surface area (Å²) in [5, 5.41) is 13.1. The molecule has 108 valence electrons. The van der Waals surface area contributed by atoms with E-state index in [9.17, 15) is 5.11 Å². The first-order valence-corrected chi connectivity index (χ1v) is 7.38. The van der Waals surface area contributed by atoms with E-state index in [0.29, 0.717) is 11.5 Å². The van der Waals surface area contributed by atoms with Crippen molar-refractivity contribution < 1.29 is 9.84 Å². The Hall–Kier alpha value is -0.120. The van der Waals surface area contributed by atoms with Crippen LogP contribution in [-0.2, 0) is 4.74 Å². The van der Waals surface area contributed by atoms with Gasteiger partial charge in [-0.1, -0.05) is 27.7 Å². The number of hydrogen-bond donors (Lipinski definition) is 2. The van der Waals surface area contributed by atoms with Crippen LogP contribution >= 0.6 is 0 Å². The van der Waals surface area contributed by atoms with E-state index in [1.165, 1.54) is 0 Å². The molecule has 0 heterocycles. The Morgan fingerprint density at radius 2 is 2.11 bits per heavy atom. The van der Waals surface area contributed by atoms with E-state index in [1.807, 2.05) is 0 Å². The van der Waals surface area contributed by atoms with Crippen molar-refractivity contribution in [2.75, 3.05) is 19.8 Å². The minimum absolute atomic E-state index is 0.0978. The van der Waals surface area contributed by atoms with Crippen molar-refractivity contribution in [3.63, 3.8) is 0 Å². The summed E-state index contributed by atoms with van der Waals surface area (Å²) in [5.74, 6) is 0. The second-order valence-corrected chi connectivity index (χ2v) is 6.87. The van der Waals surface area contributed by atoms with Gasteiger partial charge in [0.1, 0.15) is 0 Å². The second-order valence-electron chi connectivity index (χ2n) is 6.87. The molecule has 1 fully saturated rings. The fourth-order valence-electron chi connectivity index (χ4n) is 2.72. The molecule has 0 aromatic rings. The van der Waals surface area contributed by atoms with Crippen LogP contribution in [0.25, 0.3) is 0 Å². The lowest BCUT2D eigenvalue weighted by Crippen LogP contribution is -2.53. The van der Waals surface area contributed by atoms with E-state index in [0.717, 1.165) is 45.3 Å². The van der Waals surface area contributed by atoms with Gasteiger partial charge < -0.3 is 15.2 Å². The van der Waals surface area contributed by atoms with Crippen molar-refractivity contribution in [3.8, 4) is 0 Å². The zero-order chi connectivity index (χ0) is 13.6. The van der Waals surface area contributed by atoms with Crippen molar-refractivity contribution in [3.05, 3.63) is 0 Å². The molecule has 0 saturated heterocycles. The lowest BCUT2D eigenvalue weighted by atomic mass is 9.80. The van der Waals surface area contributed by atoms with Gasteiger partial charge in [-0.25, -0.2) is 0 Å². The van der Waals surface area contributed by atoms with Gasteiger partial charge in [-0.15, -0.1) is 0 Å². The molecule has 2 atom stereocenters.